The summed E-state index contributed by atoms with van der Waals surface area (Å²) in [7, 11) is 2.04. The van der Waals surface area contributed by atoms with E-state index in [1.54, 1.807) is 0 Å². The lowest BCUT2D eigenvalue weighted by Crippen LogP contribution is -1.98. The molecule has 1 rings (SSSR count). The van der Waals surface area contributed by atoms with Crippen LogP contribution in [0.2, 0.25) is 0 Å². The van der Waals surface area contributed by atoms with Crippen molar-refractivity contribution in [2.75, 3.05) is 0 Å². The van der Waals surface area contributed by atoms with Gasteiger partial charge in [0.25, 0.3) is 0 Å². The molecular formula is C8H7B. The van der Waals surface area contributed by atoms with Crippen molar-refractivity contribution in [2.45, 2.75) is 0 Å². The normalized spacial score (nSPS) is 8.33. The summed E-state index contributed by atoms with van der Waals surface area (Å²) < 4.78 is 0. The van der Waals surface area contributed by atoms with Crippen LogP contribution in [0, 0.1) is 12.3 Å². The van der Waals surface area contributed by atoms with Crippen molar-refractivity contribution < 1.29 is 0 Å². The van der Waals surface area contributed by atoms with Crippen molar-refractivity contribution in [1.29, 1.82) is 0 Å². The van der Waals surface area contributed by atoms with Crippen LogP contribution in [0.1, 0.15) is 5.56 Å². The maximum atomic E-state index is 5.15. The molecule has 0 aliphatic heterocycles. The van der Waals surface area contributed by atoms with Gasteiger partial charge in [0, 0.05) is 5.56 Å². The van der Waals surface area contributed by atoms with Crippen LogP contribution in [0.4, 0.5) is 0 Å². The average molecular weight is 114 g/mol. The maximum Gasteiger partial charge on any atom is 0.139 e. The molecule has 0 aliphatic carbocycles. The van der Waals surface area contributed by atoms with E-state index < -0.39 is 0 Å². The molecule has 0 nitrogen and oxygen atoms in total. The first-order valence-corrected chi connectivity index (χ1v) is 2.86. The third kappa shape index (κ3) is 1.37. The van der Waals surface area contributed by atoms with Crippen LogP contribution in [0.15, 0.2) is 24.3 Å². The molecule has 0 bridgehead atoms. The van der Waals surface area contributed by atoms with E-state index in [2.05, 4.69) is 5.92 Å². The fourth-order valence-corrected chi connectivity index (χ4v) is 0.650. The minimum atomic E-state index is 0.945. The zero-order chi connectivity index (χ0) is 6.69. The second kappa shape index (κ2) is 2.41. The molecule has 0 saturated heterocycles. The van der Waals surface area contributed by atoms with Crippen molar-refractivity contribution in [3.63, 3.8) is 0 Å². The standard InChI is InChI=1S/C8H7B/c1-2-7-3-5-8(9)6-4-7/h1,3-6H,9H2. The van der Waals surface area contributed by atoms with Crippen molar-refractivity contribution in [2.24, 2.45) is 0 Å². The van der Waals surface area contributed by atoms with Gasteiger partial charge in [0.1, 0.15) is 7.85 Å². The molecule has 0 spiro atoms. The number of benzene rings is 1. The van der Waals surface area contributed by atoms with Gasteiger partial charge in [-0.05, 0) is 12.1 Å². The summed E-state index contributed by atoms with van der Waals surface area (Å²) in [5.41, 5.74) is 2.19. The quantitative estimate of drug-likeness (QED) is 0.327. The third-order valence-corrected chi connectivity index (χ3v) is 1.22. The van der Waals surface area contributed by atoms with E-state index in [0.29, 0.717) is 0 Å². The molecule has 0 saturated carbocycles. The summed E-state index contributed by atoms with van der Waals surface area (Å²) in [5.74, 6) is 2.55. The van der Waals surface area contributed by atoms with Crippen LogP contribution in [0.25, 0.3) is 0 Å². The Morgan fingerprint density at radius 3 is 2.22 bits per heavy atom. The van der Waals surface area contributed by atoms with Gasteiger partial charge in [-0.2, -0.15) is 0 Å². The molecule has 0 N–H and O–H groups in total. The molecule has 1 heteroatoms. The van der Waals surface area contributed by atoms with Crippen LogP contribution >= 0.6 is 0 Å². The van der Waals surface area contributed by atoms with Gasteiger partial charge in [-0.25, -0.2) is 0 Å². The Morgan fingerprint density at radius 2 is 1.78 bits per heavy atom. The zero-order valence-electron chi connectivity index (χ0n) is 5.39. The number of hydrogen-bond donors (Lipinski definition) is 0. The Bertz CT molecular complexity index is 228. The van der Waals surface area contributed by atoms with Crippen molar-refractivity contribution >= 4 is 13.3 Å². The molecule has 0 aliphatic rings. The minimum Gasteiger partial charge on any atom is -0.115 e. The SMILES string of the molecule is Bc1ccc(C#C)cc1. The predicted molar refractivity (Wildman–Crippen MR) is 42.6 cm³/mol. The Balaban J connectivity index is 3.06. The largest absolute Gasteiger partial charge is 0.139 e. The molecule has 1 aromatic carbocycles. The molecule has 0 amide bonds. The van der Waals surface area contributed by atoms with Crippen molar-refractivity contribution in [3.8, 4) is 12.3 Å². The number of rotatable bonds is 0. The lowest BCUT2D eigenvalue weighted by atomic mass is 9.95. The van der Waals surface area contributed by atoms with E-state index in [1.807, 2.05) is 32.1 Å². The van der Waals surface area contributed by atoms with E-state index in [4.69, 9.17) is 6.42 Å². The molecule has 1 aromatic rings. The predicted octanol–water partition coefficient (Wildman–Crippen LogP) is -0.0737. The van der Waals surface area contributed by atoms with E-state index in [1.165, 1.54) is 5.46 Å². The summed E-state index contributed by atoms with van der Waals surface area (Å²) in [6, 6.07) is 7.90. The summed E-state index contributed by atoms with van der Waals surface area (Å²) in [5, 5.41) is 0. The van der Waals surface area contributed by atoms with Crippen LogP contribution in [-0.4, -0.2) is 7.85 Å². The smallest absolute Gasteiger partial charge is 0.115 e. The molecule has 0 atom stereocenters. The monoisotopic (exact) mass is 114 g/mol. The third-order valence-electron chi connectivity index (χ3n) is 1.22. The molecule has 0 fully saturated rings. The average Bonchev–Trinajstić information content (AvgIpc) is 1.90. The lowest BCUT2D eigenvalue weighted by Gasteiger charge is -1.89. The summed E-state index contributed by atoms with van der Waals surface area (Å²) in [6.07, 6.45) is 5.15. The first-order chi connectivity index (χ1) is 4.33. The van der Waals surface area contributed by atoms with Crippen LogP contribution in [-0.2, 0) is 0 Å². The van der Waals surface area contributed by atoms with Crippen LogP contribution < -0.4 is 5.46 Å². The van der Waals surface area contributed by atoms with Gasteiger partial charge in [0.05, 0.1) is 0 Å². The van der Waals surface area contributed by atoms with E-state index in [-0.39, 0.29) is 0 Å². The molecule has 0 aromatic heterocycles. The van der Waals surface area contributed by atoms with Gasteiger partial charge in [-0.3, -0.25) is 0 Å². The fourth-order valence-electron chi connectivity index (χ4n) is 0.650. The second-order valence-electron chi connectivity index (χ2n) is 2.01. The Hall–Kier alpha value is -1.16. The minimum absolute atomic E-state index is 0.945. The summed E-state index contributed by atoms with van der Waals surface area (Å²) in [6.45, 7) is 0. The van der Waals surface area contributed by atoms with Gasteiger partial charge in [-0.1, -0.05) is 23.5 Å². The molecule has 0 radical (unpaired) electrons. The van der Waals surface area contributed by atoms with E-state index in [0.717, 1.165) is 5.56 Å². The fraction of sp³-hybridized carbons (Fsp3) is 0. The Labute approximate surface area is 56.3 Å². The highest BCUT2D eigenvalue weighted by Crippen LogP contribution is 1.91. The molecule has 0 heterocycles. The van der Waals surface area contributed by atoms with Gasteiger partial charge in [-0.15, -0.1) is 6.42 Å². The van der Waals surface area contributed by atoms with Crippen LogP contribution in [0.3, 0.4) is 0 Å². The van der Waals surface area contributed by atoms with Gasteiger partial charge >= 0.3 is 0 Å². The Morgan fingerprint density at radius 1 is 1.22 bits per heavy atom. The van der Waals surface area contributed by atoms with Crippen molar-refractivity contribution in [3.05, 3.63) is 29.8 Å². The highest BCUT2D eigenvalue weighted by Gasteiger charge is 1.82. The molecular weight excluding hydrogens is 107 g/mol. The van der Waals surface area contributed by atoms with Gasteiger partial charge in [0.2, 0.25) is 0 Å². The first-order valence-electron chi connectivity index (χ1n) is 2.86. The Kier molecular flexibility index (Phi) is 1.60. The topological polar surface area (TPSA) is 0 Å². The molecule has 9 heavy (non-hydrogen) atoms. The lowest BCUT2D eigenvalue weighted by molar-refractivity contribution is 1.69. The first kappa shape index (κ1) is 5.97. The summed E-state index contributed by atoms with van der Waals surface area (Å²) in [4.78, 5) is 0. The number of hydrogen-bond acceptors (Lipinski definition) is 0. The highest BCUT2D eigenvalue weighted by atomic mass is 13.8. The van der Waals surface area contributed by atoms with E-state index in [9.17, 15) is 0 Å². The maximum absolute atomic E-state index is 5.15. The molecule has 0 unspecified atom stereocenters. The van der Waals surface area contributed by atoms with Crippen molar-refractivity contribution in [1.82, 2.24) is 0 Å². The zero-order valence-corrected chi connectivity index (χ0v) is 5.39. The van der Waals surface area contributed by atoms with Gasteiger partial charge < -0.3 is 0 Å². The molecule has 42 valence electrons. The summed E-state index contributed by atoms with van der Waals surface area (Å²) >= 11 is 0. The second-order valence-corrected chi connectivity index (χ2v) is 2.01. The highest BCUT2D eigenvalue weighted by molar-refractivity contribution is 6.32. The van der Waals surface area contributed by atoms with Gasteiger partial charge in [0.15, 0.2) is 0 Å². The van der Waals surface area contributed by atoms with E-state index >= 15 is 0 Å². The van der Waals surface area contributed by atoms with Crippen LogP contribution in [0.5, 0.6) is 0 Å². The number of terminal acetylenes is 1.